The Morgan fingerprint density at radius 1 is 0.744 bits per heavy atom. The van der Waals surface area contributed by atoms with Crippen LogP contribution in [0.15, 0.2) is 101 Å². The van der Waals surface area contributed by atoms with Gasteiger partial charge in [0.25, 0.3) is 0 Å². The van der Waals surface area contributed by atoms with E-state index in [1.54, 1.807) is 19.3 Å². The van der Waals surface area contributed by atoms with E-state index in [0.29, 0.717) is 17.3 Å². The smallest absolute Gasteiger partial charge is 0.365 e. The first-order valence-electron chi connectivity index (χ1n) is 14.5. The second-order valence-corrected chi connectivity index (χ2v) is 13.1. The lowest BCUT2D eigenvalue weighted by Crippen LogP contribution is -2.28. The van der Waals surface area contributed by atoms with Crippen molar-refractivity contribution in [3.63, 3.8) is 0 Å². The Morgan fingerprint density at radius 3 is 2.19 bits per heavy atom. The molecule has 0 amide bonds. The maximum atomic E-state index is 13.5. The SMILES string of the molecule is CN(C=C1N=C(c2cccc3ccccc23)OC1=O)CCCCCCN(C)S(=O)(=O)c1cccc2c(N(C)C)cccc12. The van der Waals surface area contributed by atoms with Crippen LogP contribution >= 0.6 is 0 Å². The molecule has 0 spiro atoms. The molecule has 9 heteroatoms. The highest BCUT2D eigenvalue weighted by Gasteiger charge is 2.26. The molecule has 1 heterocycles. The summed E-state index contributed by atoms with van der Waals surface area (Å²) in [4.78, 5) is 21.3. The average molecular weight is 599 g/mol. The van der Waals surface area contributed by atoms with Gasteiger partial charge in [-0.25, -0.2) is 22.5 Å². The fourth-order valence-electron chi connectivity index (χ4n) is 5.42. The van der Waals surface area contributed by atoms with E-state index in [0.717, 1.165) is 65.0 Å². The zero-order chi connectivity index (χ0) is 30.6. The van der Waals surface area contributed by atoms with Crippen molar-refractivity contribution in [3.05, 3.63) is 96.3 Å². The van der Waals surface area contributed by atoms with Gasteiger partial charge in [0.15, 0.2) is 5.70 Å². The molecule has 43 heavy (non-hydrogen) atoms. The quantitative estimate of drug-likeness (QED) is 0.113. The molecule has 1 aliphatic rings. The van der Waals surface area contributed by atoms with Gasteiger partial charge < -0.3 is 14.5 Å². The van der Waals surface area contributed by atoms with Crippen molar-refractivity contribution < 1.29 is 17.9 Å². The van der Waals surface area contributed by atoms with Crippen LogP contribution < -0.4 is 4.90 Å². The summed E-state index contributed by atoms with van der Waals surface area (Å²) in [6, 6.07) is 25.0. The summed E-state index contributed by atoms with van der Waals surface area (Å²) < 4.78 is 33.9. The molecule has 0 radical (unpaired) electrons. The summed E-state index contributed by atoms with van der Waals surface area (Å²) >= 11 is 0. The van der Waals surface area contributed by atoms with Gasteiger partial charge in [0.2, 0.25) is 15.9 Å². The Bertz CT molecular complexity index is 1810. The van der Waals surface area contributed by atoms with Crippen LogP contribution in [-0.2, 0) is 19.6 Å². The van der Waals surface area contributed by atoms with Gasteiger partial charge in [-0.05, 0) is 41.8 Å². The Morgan fingerprint density at radius 2 is 1.40 bits per heavy atom. The van der Waals surface area contributed by atoms with Gasteiger partial charge in [-0.1, -0.05) is 73.5 Å². The van der Waals surface area contributed by atoms with Gasteiger partial charge in [-0.15, -0.1) is 0 Å². The van der Waals surface area contributed by atoms with Crippen molar-refractivity contribution in [2.45, 2.75) is 30.6 Å². The van der Waals surface area contributed by atoms with Crippen molar-refractivity contribution in [3.8, 4) is 0 Å². The van der Waals surface area contributed by atoms with Crippen LogP contribution in [0.3, 0.4) is 0 Å². The van der Waals surface area contributed by atoms with E-state index in [-0.39, 0.29) is 5.70 Å². The number of ether oxygens (including phenoxy) is 1. The highest BCUT2D eigenvalue weighted by atomic mass is 32.2. The van der Waals surface area contributed by atoms with Gasteiger partial charge in [0.1, 0.15) is 0 Å². The van der Waals surface area contributed by atoms with E-state index in [1.165, 1.54) is 4.31 Å². The minimum absolute atomic E-state index is 0.281. The van der Waals surface area contributed by atoms with Crippen LogP contribution in [0, 0.1) is 0 Å². The van der Waals surface area contributed by atoms with Crippen LogP contribution in [-0.4, -0.2) is 70.8 Å². The van der Waals surface area contributed by atoms with E-state index in [9.17, 15) is 13.2 Å². The van der Waals surface area contributed by atoms with Gasteiger partial charge in [0.05, 0.1) is 4.90 Å². The lowest BCUT2D eigenvalue weighted by atomic mass is 10.0. The summed E-state index contributed by atoms with van der Waals surface area (Å²) in [5, 5.41) is 3.70. The minimum Gasteiger partial charge on any atom is -0.402 e. The Labute approximate surface area is 253 Å². The third-order valence-corrected chi connectivity index (χ3v) is 9.66. The topological polar surface area (TPSA) is 82.5 Å². The number of hydrogen-bond acceptors (Lipinski definition) is 7. The van der Waals surface area contributed by atoms with Gasteiger partial charge in [-0.3, -0.25) is 0 Å². The third kappa shape index (κ3) is 6.58. The van der Waals surface area contributed by atoms with E-state index < -0.39 is 16.0 Å². The van der Waals surface area contributed by atoms with Crippen LogP contribution in [0.5, 0.6) is 0 Å². The molecule has 0 atom stereocenters. The second kappa shape index (κ2) is 13.0. The predicted octanol–water partition coefficient (Wildman–Crippen LogP) is 6.02. The maximum absolute atomic E-state index is 13.5. The minimum atomic E-state index is -3.63. The summed E-state index contributed by atoms with van der Waals surface area (Å²) in [5.74, 6) is -0.134. The third-order valence-electron chi connectivity index (χ3n) is 7.75. The number of esters is 1. The monoisotopic (exact) mass is 598 g/mol. The molecule has 224 valence electrons. The molecule has 0 unspecified atom stereocenters. The highest BCUT2D eigenvalue weighted by Crippen LogP contribution is 2.31. The number of sulfonamides is 1. The standard InChI is InChI=1S/C34H38N4O4S/c1-36(2)31-20-12-18-28-27(31)17-13-21-32(28)43(40,41)38(4)23-10-6-5-9-22-37(3)24-30-34(39)42-33(35-30)29-19-11-15-25-14-7-8-16-26(25)29/h7-8,11-21,24H,5-6,9-10,22-23H2,1-4H3. The molecule has 8 nitrogen and oxygen atoms in total. The van der Waals surface area contributed by atoms with E-state index >= 15 is 0 Å². The molecular weight excluding hydrogens is 560 g/mol. The number of benzene rings is 4. The summed E-state index contributed by atoms with van der Waals surface area (Å²) in [7, 11) is 3.85. The van der Waals surface area contributed by atoms with Crippen molar-refractivity contribution in [2.24, 2.45) is 4.99 Å². The number of cyclic esters (lactones) is 1. The summed E-state index contributed by atoms with van der Waals surface area (Å²) in [6.07, 6.45) is 5.24. The molecule has 0 aliphatic carbocycles. The molecule has 5 rings (SSSR count). The molecule has 0 saturated carbocycles. The molecule has 0 aromatic heterocycles. The first kappa shape index (κ1) is 30.3. The number of fused-ring (bicyclic) bond motifs is 2. The van der Waals surface area contributed by atoms with Crippen molar-refractivity contribution in [1.29, 1.82) is 0 Å². The number of aliphatic imine (C=N–C) groups is 1. The fourth-order valence-corrected chi connectivity index (χ4v) is 6.83. The number of hydrogen-bond donors (Lipinski definition) is 0. The Balaban J connectivity index is 1.12. The van der Waals surface area contributed by atoms with Gasteiger partial charge in [0, 0.05) is 69.5 Å². The van der Waals surface area contributed by atoms with Gasteiger partial charge >= 0.3 is 5.97 Å². The summed E-state index contributed by atoms with van der Waals surface area (Å²) in [5.41, 5.74) is 2.06. The van der Waals surface area contributed by atoms with Crippen LogP contribution in [0.25, 0.3) is 21.5 Å². The van der Waals surface area contributed by atoms with E-state index in [2.05, 4.69) is 4.99 Å². The molecule has 1 aliphatic heterocycles. The first-order chi connectivity index (χ1) is 20.7. The molecule has 0 saturated heterocycles. The van der Waals surface area contributed by atoms with Gasteiger partial charge in [-0.2, -0.15) is 0 Å². The average Bonchev–Trinajstić information content (AvgIpc) is 3.36. The number of carbonyl (C=O) groups excluding carboxylic acids is 1. The molecule has 4 aromatic rings. The molecule has 0 fully saturated rings. The molecular formula is C34H38N4O4S. The van der Waals surface area contributed by atoms with E-state index in [1.807, 2.05) is 104 Å². The molecule has 4 aromatic carbocycles. The van der Waals surface area contributed by atoms with Crippen LogP contribution in [0.2, 0.25) is 0 Å². The summed E-state index contributed by atoms with van der Waals surface area (Å²) in [6.45, 7) is 1.19. The van der Waals surface area contributed by atoms with Crippen molar-refractivity contribution >= 4 is 49.1 Å². The molecule has 0 N–H and O–H groups in total. The van der Waals surface area contributed by atoms with Crippen molar-refractivity contribution in [1.82, 2.24) is 9.21 Å². The Hall–Kier alpha value is -4.21. The highest BCUT2D eigenvalue weighted by molar-refractivity contribution is 7.89. The van der Waals surface area contributed by atoms with Crippen molar-refractivity contribution in [2.75, 3.05) is 46.2 Å². The van der Waals surface area contributed by atoms with Crippen LogP contribution in [0.1, 0.15) is 31.2 Å². The predicted molar refractivity (Wildman–Crippen MR) is 174 cm³/mol. The zero-order valence-corrected chi connectivity index (χ0v) is 26.0. The first-order valence-corrected chi connectivity index (χ1v) is 16.0. The number of nitrogens with zero attached hydrogens (tertiary/aromatic N) is 4. The lowest BCUT2D eigenvalue weighted by Gasteiger charge is -2.20. The number of unbranched alkanes of at least 4 members (excludes halogenated alkanes) is 3. The molecule has 0 bridgehead atoms. The zero-order valence-electron chi connectivity index (χ0n) is 25.2. The normalized spacial score (nSPS) is 14.5. The maximum Gasteiger partial charge on any atom is 0.365 e. The van der Waals surface area contributed by atoms with E-state index in [4.69, 9.17) is 4.74 Å². The Kier molecular flexibility index (Phi) is 9.13. The largest absolute Gasteiger partial charge is 0.402 e. The number of carbonyl (C=O) groups is 1. The van der Waals surface area contributed by atoms with Crippen LogP contribution in [0.4, 0.5) is 5.69 Å². The second-order valence-electron chi connectivity index (χ2n) is 11.1. The fraction of sp³-hybridized carbons (Fsp3) is 0.294. The number of rotatable bonds is 12. The number of anilines is 1. The lowest BCUT2D eigenvalue weighted by molar-refractivity contribution is -0.130.